The Morgan fingerprint density at radius 1 is 1.11 bits per heavy atom. The minimum absolute atomic E-state index is 0.114. The standard InChI is InChI=1S/C26H26F3N5O4/c1-15(2)19-12-16(4-7-23(19)38-26(27,28)29)32-25-33-20-13-17(5-6-22(20)34(25)3)37-18-8-9-30-21(14-18)24(36)31-10-11-35/h4-9,12-15,35H,10-11H2,1-3H3,(H,31,36)(H,32,33). The number of amides is 1. The van der Waals surface area contributed by atoms with Crippen molar-refractivity contribution in [2.75, 3.05) is 18.5 Å². The summed E-state index contributed by atoms with van der Waals surface area (Å²) in [5.41, 5.74) is 2.52. The van der Waals surface area contributed by atoms with Gasteiger partial charge in [0, 0.05) is 37.6 Å². The largest absolute Gasteiger partial charge is 0.573 e. The number of aliphatic hydroxyl groups is 1. The molecule has 4 aromatic rings. The smallest absolute Gasteiger partial charge is 0.457 e. The SMILES string of the molecule is CC(C)c1cc(Nc2nc3cc(Oc4ccnc(C(=O)NCCO)c4)ccc3n2C)ccc1OC(F)(F)F. The van der Waals surface area contributed by atoms with Gasteiger partial charge in [-0.05, 0) is 47.9 Å². The molecule has 0 saturated carbocycles. The number of rotatable bonds is 9. The van der Waals surface area contributed by atoms with Crippen molar-refractivity contribution in [3.63, 3.8) is 0 Å². The molecule has 1 amide bonds. The lowest BCUT2D eigenvalue weighted by atomic mass is 10.0. The molecule has 0 spiro atoms. The van der Waals surface area contributed by atoms with Crippen molar-refractivity contribution in [1.29, 1.82) is 0 Å². The van der Waals surface area contributed by atoms with E-state index in [9.17, 15) is 18.0 Å². The molecule has 0 aliphatic carbocycles. The van der Waals surface area contributed by atoms with Gasteiger partial charge in [0.05, 0.1) is 17.6 Å². The van der Waals surface area contributed by atoms with Crippen molar-refractivity contribution < 1.29 is 32.5 Å². The summed E-state index contributed by atoms with van der Waals surface area (Å²) in [4.78, 5) is 20.7. The second-order valence-corrected chi connectivity index (χ2v) is 8.68. The van der Waals surface area contributed by atoms with Gasteiger partial charge < -0.3 is 29.8 Å². The van der Waals surface area contributed by atoms with Crippen molar-refractivity contribution in [2.24, 2.45) is 7.05 Å². The second kappa shape index (κ2) is 11.0. The van der Waals surface area contributed by atoms with Gasteiger partial charge >= 0.3 is 6.36 Å². The van der Waals surface area contributed by atoms with Gasteiger partial charge in [-0.15, -0.1) is 13.2 Å². The highest BCUT2D eigenvalue weighted by molar-refractivity contribution is 5.92. The van der Waals surface area contributed by atoms with Crippen LogP contribution < -0.4 is 20.1 Å². The number of hydrogen-bond acceptors (Lipinski definition) is 7. The molecular formula is C26H26F3N5O4. The van der Waals surface area contributed by atoms with Crippen LogP contribution in [-0.2, 0) is 7.05 Å². The van der Waals surface area contributed by atoms with E-state index in [1.807, 2.05) is 17.7 Å². The third-order valence-electron chi connectivity index (χ3n) is 5.56. The van der Waals surface area contributed by atoms with Crippen LogP contribution in [0.5, 0.6) is 17.2 Å². The average molecular weight is 530 g/mol. The summed E-state index contributed by atoms with van der Waals surface area (Å²) >= 11 is 0. The fourth-order valence-electron chi connectivity index (χ4n) is 3.77. The number of imidazole rings is 1. The fourth-order valence-corrected chi connectivity index (χ4v) is 3.77. The van der Waals surface area contributed by atoms with E-state index in [1.54, 1.807) is 38.1 Å². The number of halogens is 3. The molecule has 2 aromatic heterocycles. The first-order chi connectivity index (χ1) is 18.0. The Labute approximate surface area is 216 Å². The fraction of sp³-hybridized carbons (Fsp3) is 0.269. The molecule has 38 heavy (non-hydrogen) atoms. The molecule has 3 N–H and O–H groups in total. The zero-order valence-corrected chi connectivity index (χ0v) is 20.8. The van der Waals surface area contributed by atoms with E-state index in [0.29, 0.717) is 34.2 Å². The maximum atomic E-state index is 12.8. The summed E-state index contributed by atoms with van der Waals surface area (Å²) < 4.78 is 50.2. The summed E-state index contributed by atoms with van der Waals surface area (Å²) in [7, 11) is 1.81. The van der Waals surface area contributed by atoms with Crippen LogP contribution in [0, 0.1) is 0 Å². The van der Waals surface area contributed by atoms with Crippen LogP contribution in [0.15, 0.2) is 54.7 Å². The number of alkyl halides is 3. The number of pyridine rings is 1. The van der Waals surface area contributed by atoms with Crippen molar-refractivity contribution >= 4 is 28.6 Å². The summed E-state index contributed by atoms with van der Waals surface area (Å²) in [5.74, 6) is 0.469. The van der Waals surface area contributed by atoms with E-state index in [-0.39, 0.29) is 30.5 Å². The highest BCUT2D eigenvalue weighted by atomic mass is 19.4. The molecule has 0 atom stereocenters. The van der Waals surface area contributed by atoms with E-state index >= 15 is 0 Å². The van der Waals surface area contributed by atoms with Crippen LogP contribution in [0.1, 0.15) is 35.8 Å². The lowest BCUT2D eigenvalue weighted by Gasteiger charge is -2.17. The summed E-state index contributed by atoms with van der Waals surface area (Å²) in [6.45, 7) is 3.50. The van der Waals surface area contributed by atoms with Crippen LogP contribution in [0.2, 0.25) is 0 Å². The predicted molar refractivity (Wildman–Crippen MR) is 135 cm³/mol. The van der Waals surface area contributed by atoms with Gasteiger partial charge in [0.1, 0.15) is 22.9 Å². The van der Waals surface area contributed by atoms with E-state index in [1.165, 1.54) is 24.4 Å². The average Bonchev–Trinajstić information content (AvgIpc) is 3.16. The maximum Gasteiger partial charge on any atom is 0.573 e. The topological polar surface area (TPSA) is 111 Å². The molecule has 9 nitrogen and oxygen atoms in total. The van der Waals surface area contributed by atoms with Gasteiger partial charge in [-0.25, -0.2) is 4.98 Å². The van der Waals surface area contributed by atoms with Gasteiger partial charge in [-0.2, -0.15) is 0 Å². The molecule has 2 aromatic carbocycles. The number of aromatic nitrogens is 3. The minimum Gasteiger partial charge on any atom is -0.457 e. The third kappa shape index (κ3) is 6.32. The Morgan fingerprint density at radius 2 is 1.87 bits per heavy atom. The first-order valence-corrected chi connectivity index (χ1v) is 11.7. The molecule has 0 fully saturated rings. The lowest BCUT2D eigenvalue weighted by molar-refractivity contribution is -0.274. The Balaban J connectivity index is 1.55. The Morgan fingerprint density at radius 3 is 2.58 bits per heavy atom. The number of ether oxygens (including phenoxy) is 2. The van der Waals surface area contributed by atoms with Crippen LogP contribution >= 0.6 is 0 Å². The van der Waals surface area contributed by atoms with Crippen molar-refractivity contribution in [3.05, 3.63) is 66.0 Å². The number of aliphatic hydroxyl groups excluding tert-OH is 1. The monoisotopic (exact) mass is 529 g/mol. The quantitative estimate of drug-likeness (QED) is 0.272. The van der Waals surface area contributed by atoms with E-state index in [2.05, 4.69) is 25.3 Å². The van der Waals surface area contributed by atoms with Crippen LogP contribution in [-0.4, -0.2) is 45.1 Å². The summed E-state index contributed by atoms with van der Waals surface area (Å²) in [6, 6.07) is 12.8. The molecular weight excluding hydrogens is 503 g/mol. The molecule has 0 saturated heterocycles. The number of carbonyl (C=O) groups is 1. The lowest BCUT2D eigenvalue weighted by Crippen LogP contribution is -2.27. The van der Waals surface area contributed by atoms with E-state index < -0.39 is 12.3 Å². The number of nitrogens with one attached hydrogen (secondary N) is 2. The first kappa shape index (κ1) is 26.7. The zero-order chi connectivity index (χ0) is 27.4. The van der Waals surface area contributed by atoms with Crippen molar-refractivity contribution in [2.45, 2.75) is 26.1 Å². The summed E-state index contributed by atoms with van der Waals surface area (Å²) in [6.07, 6.45) is -3.33. The molecule has 12 heteroatoms. The normalized spacial score (nSPS) is 11.6. The number of nitrogens with zero attached hydrogens (tertiary/aromatic N) is 3. The highest BCUT2D eigenvalue weighted by Gasteiger charge is 2.32. The highest BCUT2D eigenvalue weighted by Crippen LogP contribution is 2.34. The number of anilines is 2. The maximum absolute atomic E-state index is 12.8. The van der Waals surface area contributed by atoms with Crippen molar-refractivity contribution in [1.82, 2.24) is 19.9 Å². The summed E-state index contributed by atoms with van der Waals surface area (Å²) in [5, 5.41) is 14.6. The molecule has 200 valence electrons. The Hall–Kier alpha value is -4.32. The van der Waals surface area contributed by atoms with Crippen LogP contribution in [0.3, 0.4) is 0 Å². The zero-order valence-electron chi connectivity index (χ0n) is 20.8. The molecule has 0 radical (unpaired) electrons. The van der Waals surface area contributed by atoms with Gasteiger partial charge in [0.2, 0.25) is 5.95 Å². The van der Waals surface area contributed by atoms with Gasteiger partial charge in [0.15, 0.2) is 0 Å². The first-order valence-electron chi connectivity index (χ1n) is 11.7. The van der Waals surface area contributed by atoms with Crippen LogP contribution in [0.25, 0.3) is 11.0 Å². The Kier molecular flexibility index (Phi) is 7.72. The van der Waals surface area contributed by atoms with Crippen LogP contribution in [0.4, 0.5) is 24.8 Å². The van der Waals surface area contributed by atoms with Gasteiger partial charge in [-0.1, -0.05) is 13.8 Å². The minimum atomic E-state index is -4.78. The van der Waals surface area contributed by atoms with Gasteiger partial charge in [0.25, 0.3) is 5.91 Å². The molecule has 0 unspecified atom stereocenters. The number of benzene rings is 2. The number of hydrogen-bond donors (Lipinski definition) is 3. The molecule has 4 rings (SSSR count). The molecule has 0 aliphatic rings. The Bertz CT molecular complexity index is 1450. The predicted octanol–water partition coefficient (Wildman–Crippen LogP) is 5.25. The van der Waals surface area contributed by atoms with Crippen molar-refractivity contribution in [3.8, 4) is 17.2 Å². The molecule has 2 heterocycles. The van der Waals surface area contributed by atoms with E-state index in [4.69, 9.17) is 9.84 Å². The van der Waals surface area contributed by atoms with Gasteiger partial charge in [-0.3, -0.25) is 9.78 Å². The van der Waals surface area contributed by atoms with E-state index in [0.717, 1.165) is 5.52 Å². The second-order valence-electron chi connectivity index (χ2n) is 8.68. The third-order valence-corrected chi connectivity index (χ3v) is 5.56. The molecule has 0 bridgehead atoms. The molecule has 0 aliphatic heterocycles. The number of fused-ring (bicyclic) bond motifs is 1. The number of aryl methyl sites for hydroxylation is 1. The number of carbonyl (C=O) groups excluding carboxylic acids is 1.